The minimum atomic E-state index is -0.365. The third kappa shape index (κ3) is 1.39. The molecule has 0 aliphatic carbocycles. The summed E-state index contributed by atoms with van der Waals surface area (Å²) in [7, 11) is 1.82. The second-order valence-corrected chi connectivity index (χ2v) is 2.31. The highest BCUT2D eigenvalue weighted by atomic mass is 15.1. The minimum Gasteiger partial charge on any atom is -0.356 e. The normalized spacial score (nSPS) is 21.9. The average molecular weight is 145 g/mol. The lowest BCUT2D eigenvalue weighted by molar-refractivity contribution is 0.596. The summed E-state index contributed by atoms with van der Waals surface area (Å²) in [4.78, 5) is 1.76. The highest BCUT2D eigenvalue weighted by Crippen LogP contribution is 2.16. The number of nitriles is 2. The molecule has 1 rings (SSSR count). The number of nitrogens with zero attached hydrogens (tertiary/aromatic N) is 3. The Balaban J connectivity index is 2.90. The summed E-state index contributed by atoms with van der Waals surface area (Å²) in [6.07, 6.45) is 5.14. The van der Waals surface area contributed by atoms with E-state index in [9.17, 15) is 0 Å². The molecule has 1 aliphatic heterocycles. The van der Waals surface area contributed by atoms with Gasteiger partial charge in [-0.15, -0.1) is 0 Å². The first-order valence-electron chi connectivity index (χ1n) is 3.19. The maximum Gasteiger partial charge on any atom is 0.102 e. The van der Waals surface area contributed by atoms with Gasteiger partial charge in [0.1, 0.15) is 5.92 Å². The maximum absolute atomic E-state index is 8.58. The van der Waals surface area contributed by atoms with E-state index in [0.29, 0.717) is 5.57 Å². The standard InChI is InChI=1S/C8H7N3/c1-11-3-2-7(4-9)8(5-10)6-11/h2-3,6-7H,1H3/t7-/m0/s1. The molecule has 0 aromatic heterocycles. The maximum atomic E-state index is 8.58. The number of hydrogen-bond donors (Lipinski definition) is 0. The van der Waals surface area contributed by atoms with Crippen molar-refractivity contribution >= 4 is 0 Å². The Morgan fingerprint density at radius 2 is 2.27 bits per heavy atom. The van der Waals surface area contributed by atoms with Gasteiger partial charge in [-0.2, -0.15) is 10.5 Å². The molecule has 0 saturated heterocycles. The molecule has 0 bridgehead atoms. The molecule has 3 nitrogen and oxygen atoms in total. The predicted molar refractivity (Wildman–Crippen MR) is 39.7 cm³/mol. The van der Waals surface area contributed by atoms with Gasteiger partial charge in [0.05, 0.1) is 17.7 Å². The monoisotopic (exact) mass is 145 g/mol. The smallest absolute Gasteiger partial charge is 0.102 e. The van der Waals surface area contributed by atoms with E-state index in [1.807, 2.05) is 19.2 Å². The van der Waals surface area contributed by atoms with E-state index in [1.54, 1.807) is 23.4 Å². The van der Waals surface area contributed by atoms with Crippen molar-refractivity contribution in [2.75, 3.05) is 7.05 Å². The molecule has 11 heavy (non-hydrogen) atoms. The first kappa shape index (κ1) is 7.37. The zero-order valence-electron chi connectivity index (χ0n) is 6.15. The number of rotatable bonds is 0. The van der Waals surface area contributed by atoms with Gasteiger partial charge in [-0.25, -0.2) is 0 Å². The fourth-order valence-electron chi connectivity index (χ4n) is 0.879. The van der Waals surface area contributed by atoms with Gasteiger partial charge in [-0.1, -0.05) is 0 Å². The van der Waals surface area contributed by atoms with Crippen molar-refractivity contribution in [2.24, 2.45) is 5.92 Å². The molecule has 1 heterocycles. The van der Waals surface area contributed by atoms with Crippen LogP contribution in [-0.4, -0.2) is 11.9 Å². The fraction of sp³-hybridized carbons (Fsp3) is 0.250. The molecule has 0 radical (unpaired) electrons. The molecule has 0 aromatic rings. The van der Waals surface area contributed by atoms with Gasteiger partial charge in [0, 0.05) is 19.4 Å². The van der Waals surface area contributed by atoms with Crippen LogP contribution in [0.1, 0.15) is 0 Å². The molecule has 0 spiro atoms. The SMILES string of the molecule is CN1C=C[C@@H](C#N)C(C#N)=C1. The largest absolute Gasteiger partial charge is 0.356 e. The molecule has 0 N–H and O–H groups in total. The highest BCUT2D eigenvalue weighted by Gasteiger charge is 2.13. The van der Waals surface area contributed by atoms with Crippen molar-refractivity contribution in [1.29, 1.82) is 10.5 Å². The van der Waals surface area contributed by atoms with Gasteiger partial charge in [0.2, 0.25) is 0 Å². The lowest BCUT2D eigenvalue weighted by Crippen LogP contribution is -2.11. The first-order chi connectivity index (χ1) is 5.27. The van der Waals surface area contributed by atoms with Crippen LogP contribution >= 0.6 is 0 Å². The van der Waals surface area contributed by atoms with E-state index < -0.39 is 0 Å². The van der Waals surface area contributed by atoms with Crippen molar-refractivity contribution in [2.45, 2.75) is 0 Å². The van der Waals surface area contributed by atoms with Crippen LogP contribution in [0.4, 0.5) is 0 Å². The van der Waals surface area contributed by atoms with Crippen LogP contribution in [0.2, 0.25) is 0 Å². The summed E-state index contributed by atoms with van der Waals surface area (Å²) in [5.74, 6) is -0.365. The Morgan fingerprint density at radius 3 is 2.82 bits per heavy atom. The van der Waals surface area contributed by atoms with E-state index in [2.05, 4.69) is 0 Å². The topological polar surface area (TPSA) is 50.8 Å². The lowest BCUT2D eigenvalue weighted by atomic mass is 10.0. The van der Waals surface area contributed by atoms with Crippen molar-refractivity contribution in [1.82, 2.24) is 4.90 Å². The molecule has 0 fully saturated rings. The second kappa shape index (κ2) is 2.90. The first-order valence-corrected chi connectivity index (χ1v) is 3.19. The van der Waals surface area contributed by atoms with Crippen LogP contribution in [0.15, 0.2) is 24.0 Å². The average Bonchev–Trinajstić information content (AvgIpc) is 2.04. The molecular formula is C8H7N3. The summed E-state index contributed by atoms with van der Waals surface area (Å²) in [5, 5.41) is 17.1. The minimum absolute atomic E-state index is 0.365. The molecular weight excluding hydrogens is 138 g/mol. The van der Waals surface area contributed by atoms with Crippen molar-refractivity contribution in [3.63, 3.8) is 0 Å². The Kier molecular flexibility index (Phi) is 1.94. The van der Waals surface area contributed by atoms with Crippen LogP contribution in [0.5, 0.6) is 0 Å². The summed E-state index contributed by atoms with van der Waals surface area (Å²) in [5.41, 5.74) is 0.498. The summed E-state index contributed by atoms with van der Waals surface area (Å²) in [6, 6.07) is 4.00. The summed E-state index contributed by atoms with van der Waals surface area (Å²) in [6.45, 7) is 0. The van der Waals surface area contributed by atoms with Crippen LogP contribution in [-0.2, 0) is 0 Å². The Morgan fingerprint density at radius 1 is 1.55 bits per heavy atom. The Labute approximate surface area is 65.5 Å². The molecule has 3 heteroatoms. The predicted octanol–water partition coefficient (Wildman–Crippen LogP) is 0.993. The van der Waals surface area contributed by atoms with Gasteiger partial charge in [-0.3, -0.25) is 0 Å². The molecule has 0 amide bonds. The van der Waals surface area contributed by atoms with Crippen molar-refractivity contribution in [3.05, 3.63) is 24.0 Å². The molecule has 0 aromatic carbocycles. The Hall–Kier alpha value is -1.74. The summed E-state index contributed by atoms with van der Waals surface area (Å²) < 4.78 is 0. The van der Waals surface area contributed by atoms with E-state index in [4.69, 9.17) is 10.5 Å². The Bertz CT molecular complexity index is 287. The number of hydrogen-bond acceptors (Lipinski definition) is 3. The molecule has 1 atom stereocenters. The van der Waals surface area contributed by atoms with Crippen LogP contribution < -0.4 is 0 Å². The fourth-order valence-corrected chi connectivity index (χ4v) is 0.879. The second-order valence-electron chi connectivity index (χ2n) is 2.31. The third-order valence-corrected chi connectivity index (χ3v) is 1.46. The van der Waals surface area contributed by atoms with E-state index >= 15 is 0 Å². The van der Waals surface area contributed by atoms with Crippen molar-refractivity contribution < 1.29 is 0 Å². The van der Waals surface area contributed by atoms with Gasteiger partial charge in [-0.05, 0) is 6.08 Å². The molecule has 1 aliphatic rings. The number of allylic oxidation sites excluding steroid dienone is 2. The molecule has 54 valence electrons. The zero-order valence-corrected chi connectivity index (χ0v) is 6.15. The van der Waals surface area contributed by atoms with E-state index in [1.165, 1.54) is 0 Å². The van der Waals surface area contributed by atoms with E-state index in [-0.39, 0.29) is 5.92 Å². The lowest BCUT2D eigenvalue weighted by Gasteiger charge is -2.15. The van der Waals surface area contributed by atoms with Crippen molar-refractivity contribution in [3.8, 4) is 12.1 Å². The van der Waals surface area contributed by atoms with E-state index in [0.717, 1.165) is 0 Å². The highest BCUT2D eigenvalue weighted by molar-refractivity contribution is 5.34. The van der Waals surface area contributed by atoms with Crippen LogP contribution in [0, 0.1) is 28.6 Å². The van der Waals surface area contributed by atoms with Gasteiger partial charge >= 0.3 is 0 Å². The van der Waals surface area contributed by atoms with Gasteiger partial charge < -0.3 is 4.90 Å². The van der Waals surface area contributed by atoms with Crippen LogP contribution in [0.25, 0.3) is 0 Å². The quantitative estimate of drug-likeness (QED) is 0.510. The van der Waals surface area contributed by atoms with Gasteiger partial charge in [0.25, 0.3) is 0 Å². The summed E-state index contributed by atoms with van der Waals surface area (Å²) >= 11 is 0. The molecule has 0 unspecified atom stereocenters. The van der Waals surface area contributed by atoms with Crippen LogP contribution in [0.3, 0.4) is 0 Å². The third-order valence-electron chi connectivity index (χ3n) is 1.46. The zero-order chi connectivity index (χ0) is 8.27. The molecule has 0 saturated carbocycles. The van der Waals surface area contributed by atoms with Gasteiger partial charge in [0.15, 0.2) is 0 Å².